The molecule has 1 N–H and O–H groups in total. The fourth-order valence-corrected chi connectivity index (χ4v) is 4.29. The molecule has 2 aliphatic rings. The molecule has 6 nitrogen and oxygen atoms in total. The molecule has 2 fully saturated rings. The molecule has 1 saturated carbocycles. The lowest BCUT2D eigenvalue weighted by Crippen LogP contribution is -2.35. The van der Waals surface area contributed by atoms with Crippen molar-refractivity contribution >= 4 is 34.7 Å². The number of hydrogen-bond acceptors (Lipinski definition) is 3. The van der Waals surface area contributed by atoms with Gasteiger partial charge in [0.25, 0.3) is 5.91 Å². The molecule has 2 amide bonds. The topological polar surface area (TPSA) is 66.7 Å². The van der Waals surface area contributed by atoms with E-state index in [1.165, 1.54) is 6.42 Å². The molecule has 1 aliphatic heterocycles. The molecule has 3 heterocycles. The van der Waals surface area contributed by atoms with Crippen molar-refractivity contribution in [3.05, 3.63) is 53.2 Å². The molecule has 0 bridgehead atoms. The highest BCUT2D eigenvalue weighted by atomic mass is 35.5. The Labute approximate surface area is 179 Å². The summed E-state index contributed by atoms with van der Waals surface area (Å²) in [6.45, 7) is 1.67. The number of anilines is 1. The van der Waals surface area contributed by atoms with E-state index in [1.807, 2.05) is 47.5 Å². The summed E-state index contributed by atoms with van der Waals surface area (Å²) in [5, 5.41) is 7.72. The fraction of sp³-hybridized carbons (Fsp3) is 0.348. The Morgan fingerprint density at radius 1 is 1.03 bits per heavy atom. The van der Waals surface area contributed by atoms with E-state index in [4.69, 9.17) is 11.6 Å². The van der Waals surface area contributed by atoms with Crippen LogP contribution in [0.15, 0.2) is 42.6 Å². The van der Waals surface area contributed by atoms with Gasteiger partial charge in [0.2, 0.25) is 5.91 Å². The van der Waals surface area contributed by atoms with Gasteiger partial charge in [0.05, 0.1) is 5.52 Å². The molecule has 154 valence electrons. The lowest BCUT2D eigenvalue weighted by atomic mass is 10.0. The Kier molecular flexibility index (Phi) is 4.95. The highest BCUT2D eigenvalue weighted by molar-refractivity contribution is 6.37. The zero-order chi connectivity index (χ0) is 20.7. The molecule has 0 spiro atoms. The van der Waals surface area contributed by atoms with Crippen LogP contribution in [-0.4, -0.2) is 39.4 Å². The molecular formula is C23H23ClN4O2. The van der Waals surface area contributed by atoms with Crippen LogP contribution in [0.1, 0.15) is 42.5 Å². The van der Waals surface area contributed by atoms with Gasteiger partial charge in [-0.2, -0.15) is 0 Å². The molecule has 1 aliphatic carbocycles. The second kappa shape index (κ2) is 7.76. The number of pyridine rings is 1. The van der Waals surface area contributed by atoms with Gasteiger partial charge in [0.15, 0.2) is 5.82 Å². The summed E-state index contributed by atoms with van der Waals surface area (Å²) in [5.41, 5.74) is 3.28. The summed E-state index contributed by atoms with van der Waals surface area (Å²) in [7, 11) is 0. The van der Waals surface area contributed by atoms with Crippen LogP contribution in [0, 0.1) is 5.92 Å². The molecule has 5 rings (SSSR count). The number of hydrogen-bond donors (Lipinski definition) is 1. The molecule has 7 heteroatoms. The van der Waals surface area contributed by atoms with Crippen LogP contribution < -0.4 is 5.32 Å². The number of carbonyl (C=O) groups excluding carboxylic acids is 2. The highest BCUT2D eigenvalue weighted by Crippen LogP contribution is 2.36. The Hall–Kier alpha value is -2.86. The number of benzene rings is 1. The SMILES string of the molecule is O=C(Nc1nn2cccc(-c3ccc(C(=O)N4CCCCC4)cc3)c2c1Cl)C1CC1. The third kappa shape index (κ3) is 3.56. The van der Waals surface area contributed by atoms with E-state index in [1.54, 1.807) is 4.52 Å². The maximum atomic E-state index is 12.7. The average Bonchev–Trinajstić information content (AvgIpc) is 3.59. The van der Waals surface area contributed by atoms with Gasteiger partial charge in [-0.1, -0.05) is 29.8 Å². The van der Waals surface area contributed by atoms with Crippen molar-refractivity contribution < 1.29 is 9.59 Å². The first-order chi connectivity index (χ1) is 14.6. The van der Waals surface area contributed by atoms with Crippen molar-refractivity contribution in [2.24, 2.45) is 5.92 Å². The largest absolute Gasteiger partial charge is 0.339 e. The molecule has 2 aromatic heterocycles. The molecule has 30 heavy (non-hydrogen) atoms. The van der Waals surface area contributed by atoms with Gasteiger partial charge in [0.1, 0.15) is 5.02 Å². The molecule has 0 unspecified atom stereocenters. The minimum absolute atomic E-state index is 0.0255. The highest BCUT2D eigenvalue weighted by Gasteiger charge is 2.31. The minimum atomic E-state index is -0.0255. The van der Waals surface area contributed by atoms with Gasteiger partial charge in [0, 0.05) is 36.3 Å². The molecule has 0 radical (unpaired) electrons. The smallest absolute Gasteiger partial charge is 0.253 e. The summed E-state index contributed by atoms with van der Waals surface area (Å²) >= 11 is 6.61. The third-order valence-electron chi connectivity index (χ3n) is 5.87. The van der Waals surface area contributed by atoms with Gasteiger partial charge < -0.3 is 10.2 Å². The van der Waals surface area contributed by atoms with Crippen LogP contribution in [0.3, 0.4) is 0 Å². The summed E-state index contributed by atoms with van der Waals surface area (Å²) < 4.78 is 1.69. The van der Waals surface area contributed by atoms with E-state index >= 15 is 0 Å². The Bertz CT molecular complexity index is 1110. The van der Waals surface area contributed by atoms with Gasteiger partial charge in [-0.15, -0.1) is 5.10 Å². The lowest BCUT2D eigenvalue weighted by Gasteiger charge is -2.26. The Morgan fingerprint density at radius 2 is 1.77 bits per heavy atom. The predicted octanol–water partition coefficient (Wildman–Crippen LogP) is 4.63. The quantitative estimate of drug-likeness (QED) is 0.666. The number of aromatic nitrogens is 2. The molecule has 1 aromatic carbocycles. The third-order valence-corrected chi connectivity index (χ3v) is 6.23. The molecule has 1 saturated heterocycles. The van der Waals surface area contributed by atoms with Crippen molar-refractivity contribution in [2.75, 3.05) is 18.4 Å². The Morgan fingerprint density at radius 3 is 2.47 bits per heavy atom. The monoisotopic (exact) mass is 422 g/mol. The number of amides is 2. The maximum absolute atomic E-state index is 12.7. The van der Waals surface area contributed by atoms with Gasteiger partial charge in [-0.05, 0) is 55.9 Å². The normalized spacial score (nSPS) is 16.6. The average molecular weight is 423 g/mol. The number of nitrogens with zero attached hydrogens (tertiary/aromatic N) is 3. The summed E-state index contributed by atoms with van der Waals surface area (Å²) in [4.78, 5) is 26.8. The van der Waals surface area contributed by atoms with E-state index in [9.17, 15) is 9.59 Å². The van der Waals surface area contributed by atoms with Gasteiger partial charge >= 0.3 is 0 Å². The van der Waals surface area contributed by atoms with E-state index in [0.29, 0.717) is 16.4 Å². The van der Waals surface area contributed by atoms with Crippen molar-refractivity contribution in [1.29, 1.82) is 0 Å². The maximum Gasteiger partial charge on any atom is 0.253 e. The van der Waals surface area contributed by atoms with Crippen LogP contribution in [0.25, 0.3) is 16.6 Å². The van der Waals surface area contributed by atoms with Crippen LogP contribution in [0.2, 0.25) is 5.02 Å². The summed E-state index contributed by atoms with van der Waals surface area (Å²) in [6, 6.07) is 11.5. The number of fused-ring (bicyclic) bond motifs is 1. The van der Waals surface area contributed by atoms with Crippen molar-refractivity contribution in [3.8, 4) is 11.1 Å². The summed E-state index contributed by atoms with van der Waals surface area (Å²) in [5.74, 6) is 0.530. The first-order valence-electron chi connectivity index (χ1n) is 10.5. The van der Waals surface area contributed by atoms with Crippen molar-refractivity contribution in [3.63, 3.8) is 0 Å². The number of halogens is 1. The second-order valence-electron chi connectivity index (χ2n) is 8.07. The summed E-state index contributed by atoms with van der Waals surface area (Å²) in [6.07, 6.45) is 7.00. The first kappa shape index (κ1) is 19.1. The van der Waals surface area contributed by atoms with Crippen molar-refractivity contribution in [1.82, 2.24) is 14.5 Å². The fourth-order valence-electron chi connectivity index (χ4n) is 4.01. The van der Waals surface area contributed by atoms with Gasteiger partial charge in [-0.25, -0.2) is 4.52 Å². The van der Waals surface area contributed by atoms with Crippen molar-refractivity contribution in [2.45, 2.75) is 32.1 Å². The number of carbonyl (C=O) groups is 2. The zero-order valence-electron chi connectivity index (χ0n) is 16.6. The van der Waals surface area contributed by atoms with E-state index in [-0.39, 0.29) is 17.7 Å². The first-order valence-corrected chi connectivity index (χ1v) is 10.9. The van der Waals surface area contributed by atoms with Gasteiger partial charge in [-0.3, -0.25) is 9.59 Å². The Balaban J connectivity index is 1.44. The molecular weight excluding hydrogens is 400 g/mol. The van der Waals surface area contributed by atoms with E-state index in [2.05, 4.69) is 10.4 Å². The van der Waals surface area contributed by atoms with E-state index < -0.39 is 0 Å². The predicted molar refractivity (Wildman–Crippen MR) is 117 cm³/mol. The molecule has 0 atom stereocenters. The number of likely N-dealkylation sites (tertiary alicyclic amines) is 1. The number of rotatable bonds is 4. The second-order valence-corrected chi connectivity index (χ2v) is 8.45. The van der Waals surface area contributed by atoms with Crippen LogP contribution in [0.5, 0.6) is 0 Å². The van der Waals surface area contributed by atoms with Crippen LogP contribution >= 0.6 is 11.6 Å². The zero-order valence-corrected chi connectivity index (χ0v) is 17.4. The lowest BCUT2D eigenvalue weighted by molar-refractivity contribution is -0.117. The van der Waals surface area contributed by atoms with Crippen LogP contribution in [0.4, 0.5) is 5.82 Å². The molecule has 3 aromatic rings. The standard InChI is InChI=1S/C23H23ClN4O2/c24-19-20-18(5-4-14-28(20)26-21(19)25-22(29)16-8-9-16)15-6-10-17(11-7-15)23(30)27-12-2-1-3-13-27/h4-7,10-11,14,16H,1-3,8-9,12-13H2,(H,25,26,29). The number of nitrogens with one attached hydrogen (secondary N) is 1. The van der Waals surface area contributed by atoms with Crippen LogP contribution in [-0.2, 0) is 4.79 Å². The number of piperidine rings is 1. The minimum Gasteiger partial charge on any atom is -0.339 e. The van der Waals surface area contributed by atoms with E-state index in [0.717, 1.165) is 55.4 Å².